The Morgan fingerprint density at radius 2 is 2.21 bits per heavy atom. The molecule has 0 atom stereocenters. The number of hydrogen-bond donors (Lipinski definition) is 0. The molecule has 14 heavy (non-hydrogen) atoms. The molecule has 6 heteroatoms. The van der Waals surface area contributed by atoms with Crippen molar-refractivity contribution in [3.8, 4) is 18.2 Å². The van der Waals surface area contributed by atoms with Gasteiger partial charge in [0.05, 0.1) is 0 Å². The van der Waals surface area contributed by atoms with Crippen LogP contribution in [0.4, 0.5) is 0 Å². The normalized spacial score (nSPS) is 8.50. The molecular formula is C8H9O5P. The molecule has 0 heterocycles. The van der Waals surface area contributed by atoms with Gasteiger partial charge < -0.3 is 0 Å². The quantitative estimate of drug-likeness (QED) is 0.278. The molecule has 0 saturated carbocycles. The number of esters is 1. The van der Waals surface area contributed by atoms with Crippen LogP contribution in [0.1, 0.15) is 0 Å². The van der Waals surface area contributed by atoms with Gasteiger partial charge in [-0.3, -0.25) is 0 Å². The first kappa shape index (κ1) is 13.0. The molecule has 0 radical (unpaired) electrons. The number of ether oxygens (including phenoxy) is 3. The first-order valence-electron chi connectivity index (χ1n) is 3.67. The van der Waals surface area contributed by atoms with Crippen molar-refractivity contribution in [2.45, 2.75) is 0 Å². The minimum absolute atomic E-state index is 0.0602. The summed E-state index contributed by atoms with van der Waals surface area (Å²) >= 11 is 0. The number of carbonyl (C=O) groups is 1. The van der Waals surface area contributed by atoms with Crippen molar-refractivity contribution in [3.63, 3.8) is 0 Å². The summed E-state index contributed by atoms with van der Waals surface area (Å²) in [6.07, 6.45) is 4.86. The van der Waals surface area contributed by atoms with E-state index in [4.69, 9.17) is 11.2 Å². The van der Waals surface area contributed by atoms with Gasteiger partial charge in [0.25, 0.3) is 0 Å². The Bertz CT molecular complexity index is 299. The van der Waals surface area contributed by atoms with Crippen LogP contribution in [-0.4, -0.2) is 32.4 Å². The SMILES string of the molecule is C#CCOC(=O)COCCOC#P=O. The molecule has 0 aliphatic heterocycles. The second-order valence-electron chi connectivity index (χ2n) is 1.95. The molecule has 0 saturated heterocycles. The minimum atomic E-state index is -0.530. The van der Waals surface area contributed by atoms with E-state index in [0.29, 0.717) is 0 Å². The van der Waals surface area contributed by atoms with Gasteiger partial charge in [-0.2, -0.15) is 0 Å². The fourth-order valence-corrected chi connectivity index (χ4v) is 0.636. The zero-order chi connectivity index (χ0) is 10.6. The van der Waals surface area contributed by atoms with Gasteiger partial charge in [0.1, 0.15) is 0 Å². The monoisotopic (exact) mass is 216 g/mol. The zero-order valence-corrected chi connectivity index (χ0v) is 8.29. The van der Waals surface area contributed by atoms with E-state index in [-0.39, 0.29) is 34.3 Å². The van der Waals surface area contributed by atoms with Crippen molar-refractivity contribution in [1.29, 1.82) is 0 Å². The predicted octanol–water partition coefficient (Wildman–Crippen LogP) is 0.404. The van der Waals surface area contributed by atoms with Crippen molar-refractivity contribution >= 4 is 13.9 Å². The van der Waals surface area contributed by atoms with Crippen LogP contribution in [0, 0.1) is 18.2 Å². The van der Waals surface area contributed by atoms with Crippen LogP contribution in [-0.2, 0) is 23.6 Å². The fourth-order valence-electron chi connectivity index (χ4n) is 0.492. The van der Waals surface area contributed by atoms with E-state index < -0.39 is 5.97 Å². The average molecular weight is 216 g/mol. The Balaban J connectivity index is 3.26. The Kier molecular flexibility index (Phi) is 9.30. The summed E-state index contributed by atoms with van der Waals surface area (Å²) in [5.41, 5.74) is 0. The summed E-state index contributed by atoms with van der Waals surface area (Å²) in [6, 6.07) is 0. The van der Waals surface area contributed by atoms with E-state index in [0.717, 1.165) is 0 Å². The van der Waals surface area contributed by atoms with Gasteiger partial charge in [0, 0.05) is 0 Å². The molecule has 0 aromatic heterocycles. The Morgan fingerprint density at radius 1 is 1.43 bits per heavy atom. The Labute approximate surface area is 82.8 Å². The van der Waals surface area contributed by atoms with Crippen LogP contribution in [0.3, 0.4) is 0 Å². The van der Waals surface area contributed by atoms with Gasteiger partial charge in [0.2, 0.25) is 0 Å². The Hall–Kier alpha value is -1.04. The summed E-state index contributed by atoms with van der Waals surface area (Å²) in [4.78, 5) is 10.7. The third-order valence-corrected chi connectivity index (χ3v) is 1.17. The Morgan fingerprint density at radius 3 is 2.86 bits per heavy atom. The molecule has 0 fully saturated rings. The molecule has 0 amide bonds. The number of terminal acetylenes is 1. The van der Waals surface area contributed by atoms with E-state index in [1.807, 2.05) is 0 Å². The van der Waals surface area contributed by atoms with Gasteiger partial charge in [-0.25, -0.2) is 0 Å². The summed E-state index contributed by atoms with van der Waals surface area (Å²) in [5, 5.41) is 0. The molecule has 0 rings (SSSR count). The van der Waals surface area contributed by atoms with Gasteiger partial charge in [-0.15, -0.1) is 0 Å². The third kappa shape index (κ3) is 9.05. The molecule has 0 N–H and O–H groups in total. The molecule has 76 valence electrons. The van der Waals surface area contributed by atoms with Gasteiger partial charge in [0.15, 0.2) is 0 Å². The molecule has 0 aliphatic carbocycles. The summed E-state index contributed by atoms with van der Waals surface area (Å²) in [7, 11) is -0.321. The topological polar surface area (TPSA) is 61.8 Å². The maximum atomic E-state index is 10.7. The van der Waals surface area contributed by atoms with E-state index in [1.165, 1.54) is 0 Å². The molecule has 0 unspecified atom stereocenters. The summed E-state index contributed by atoms with van der Waals surface area (Å²) < 4.78 is 23.7. The number of carbonyl (C=O) groups excluding carboxylic acids is 1. The predicted molar refractivity (Wildman–Crippen MR) is 48.1 cm³/mol. The van der Waals surface area contributed by atoms with Crippen LogP contribution >= 0.6 is 7.92 Å². The van der Waals surface area contributed by atoms with Crippen LogP contribution in [0.2, 0.25) is 0 Å². The van der Waals surface area contributed by atoms with E-state index in [9.17, 15) is 9.36 Å². The van der Waals surface area contributed by atoms with Gasteiger partial charge in [-0.1, -0.05) is 0 Å². The molecule has 0 spiro atoms. The zero-order valence-electron chi connectivity index (χ0n) is 7.39. The van der Waals surface area contributed by atoms with Gasteiger partial charge >= 0.3 is 82.0 Å². The van der Waals surface area contributed by atoms with E-state index in [2.05, 4.69) is 21.2 Å². The molecule has 5 nitrogen and oxygen atoms in total. The standard InChI is InChI=1S/C8H9O5P/c1-2-3-13-8(9)6-11-4-5-12-7-14-10/h1H,3-6H2. The molecule has 0 aromatic carbocycles. The van der Waals surface area contributed by atoms with Crippen LogP contribution in [0.15, 0.2) is 0 Å². The van der Waals surface area contributed by atoms with E-state index in [1.54, 1.807) is 0 Å². The summed E-state index contributed by atoms with van der Waals surface area (Å²) in [5.74, 6) is 3.68. The van der Waals surface area contributed by atoms with Crippen molar-refractivity contribution in [2.24, 2.45) is 0 Å². The fraction of sp³-hybridized carbons (Fsp3) is 0.500. The summed E-state index contributed by atoms with van der Waals surface area (Å²) in [6.45, 7) is 0.126. The van der Waals surface area contributed by atoms with Crippen LogP contribution in [0.25, 0.3) is 0 Å². The number of hydrogen-bond acceptors (Lipinski definition) is 5. The molecular weight excluding hydrogens is 207 g/mol. The maximum absolute atomic E-state index is 10.7. The first-order valence-corrected chi connectivity index (χ1v) is 4.48. The van der Waals surface area contributed by atoms with Gasteiger partial charge in [-0.05, 0) is 0 Å². The van der Waals surface area contributed by atoms with Crippen molar-refractivity contribution in [3.05, 3.63) is 0 Å². The van der Waals surface area contributed by atoms with Crippen molar-refractivity contribution < 1.29 is 23.6 Å². The van der Waals surface area contributed by atoms with Crippen LogP contribution < -0.4 is 0 Å². The van der Waals surface area contributed by atoms with Crippen molar-refractivity contribution in [1.82, 2.24) is 0 Å². The molecule has 0 bridgehead atoms. The van der Waals surface area contributed by atoms with Crippen LogP contribution in [0.5, 0.6) is 0 Å². The number of rotatable bonds is 6. The average Bonchev–Trinajstić information content (AvgIpc) is 2.20. The second-order valence-corrected chi connectivity index (χ2v) is 2.31. The molecule has 0 aliphatic rings. The van der Waals surface area contributed by atoms with Crippen molar-refractivity contribution in [2.75, 3.05) is 26.4 Å². The first-order chi connectivity index (χ1) is 6.81. The third-order valence-electron chi connectivity index (χ3n) is 0.968. The second kappa shape index (κ2) is 10.0. The molecule has 0 aromatic rings. The van der Waals surface area contributed by atoms with E-state index >= 15 is 0 Å².